The lowest BCUT2D eigenvalue weighted by Gasteiger charge is -2.57. The maximum Gasteiger partial charge on any atom is 0.310 e. The molecule has 1 aromatic rings. The topological polar surface area (TPSA) is 51.2 Å². The molecule has 4 nitrogen and oxygen atoms in total. The number of pyridine rings is 1. The standard InChI is InChI=1S/C29H38N2O2/c1-28-12-9-22(33-27(32)20-11-15-31-18-20)16-21(28)5-6-23-25-8-7-24(19-4-3-14-30-17-19)29(25,2)13-10-26(23)28/h3-5,7,14,17,20,22-23,25-26,31H,6,8-13,15-16,18H2,1-2H3/t20-,22?,23?,25?,26?,28-,29?/m0/s1. The van der Waals surface area contributed by atoms with Gasteiger partial charge in [-0.2, -0.15) is 0 Å². The van der Waals surface area contributed by atoms with Gasteiger partial charge in [-0.3, -0.25) is 9.78 Å². The minimum atomic E-state index is 0.0243. The molecule has 1 saturated heterocycles. The van der Waals surface area contributed by atoms with E-state index in [1.165, 1.54) is 36.8 Å². The number of ether oxygens (including phenoxy) is 1. The largest absolute Gasteiger partial charge is 0.462 e. The van der Waals surface area contributed by atoms with Crippen molar-refractivity contribution >= 4 is 11.5 Å². The first kappa shape index (κ1) is 21.6. The smallest absolute Gasteiger partial charge is 0.310 e. The molecule has 1 N–H and O–H groups in total. The number of hydrogen-bond donors (Lipinski definition) is 1. The van der Waals surface area contributed by atoms with Gasteiger partial charge >= 0.3 is 5.97 Å². The number of carbonyl (C=O) groups excluding carboxylic acids is 1. The molecule has 0 spiro atoms. The maximum atomic E-state index is 12.6. The van der Waals surface area contributed by atoms with Gasteiger partial charge in [-0.15, -0.1) is 0 Å². The predicted molar refractivity (Wildman–Crippen MR) is 130 cm³/mol. The third kappa shape index (κ3) is 3.43. The quantitative estimate of drug-likeness (QED) is 0.488. The van der Waals surface area contributed by atoms with E-state index >= 15 is 0 Å². The van der Waals surface area contributed by atoms with Crippen LogP contribution in [0.25, 0.3) is 5.57 Å². The Bertz CT molecular complexity index is 979. The van der Waals surface area contributed by atoms with E-state index in [2.05, 4.69) is 54.6 Å². The average Bonchev–Trinajstić information content (AvgIpc) is 3.48. The molecule has 0 aromatic carbocycles. The molecule has 6 rings (SSSR count). The van der Waals surface area contributed by atoms with Crippen molar-refractivity contribution in [2.24, 2.45) is 34.5 Å². The van der Waals surface area contributed by atoms with Crippen molar-refractivity contribution in [3.8, 4) is 0 Å². The van der Waals surface area contributed by atoms with E-state index in [9.17, 15) is 4.79 Å². The number of fused-ring (bicyclic) bond motifs is 5. The highest BCUT2D eigenvalue weighted by atomic mass is 16.5. The van der Waals surface area contributed by atoms with Crippen LogP contribution in [-0.2, 0) is 9.53 Å². The van der Waals surface area contributed by atoms with Crippen molar-refractivity contribution in [3.05, 3.63) is 47.8 Å². The predicted octanol–water partition coefficient (Wildman–Crippen LogP) is 5.56. The SMILES string of the molecule is CC12CCC3C(CC=C4CC(OC(=O)[C@H]5CCNC5)CC[C@@]43C)C1CC=C2c1cccnc1. The molecular formula is C29H38N2O2. The molecule has 0 amide bonds. The van der Waals surface area contributed by atoms with E-state index in [4.69, 9.17) is 4.74 Å². The van der Waals surface area contributed by atoms with E-state index in [-0.39, 0.29) is 28.8 Å². The van der Waals surface area contributed by atoms with E-state index in [0.717, 1.165) is 56.5 Å². The van der Waals surface area contributed by atoms with Gasteiger partial charge in [0.1, 0.15) is 6.10 Å². The van der Waals surface area contributed by atoms with Crippen LogP contribution in [0.4, 0.5) is 0 Å². The summed E-state index contributed by atoms with van der Waals surface area (Å²) in [4.78, 5) is 17.0. The van der Waals surface area contributed by atoms with Crippen molar-refractivity contribution in [1.82, 2.24) is 10.3 Å². The summed E-state index contributed by atoms with van der Waals surface area (Å²) in [5.74, 6) is 2.32. The Morgan fingerprint density at radius 2 is 1.97 bits per heavy atom. The molecule has 3 fully saturated rings. The van der Waals surface area contributed by atoms with Crippen LogP contribution in [0.2, 0.25) is 0 Å². The second-order valence-corrected chi connectivity index (χ2v) is 11.8. The highest BCUT2D eigenvalue weighted by Crippen LogP contribution is 2.66. The molecule has 0 bridgehead atoms. The van der Waals surface area contributed by atoms with Gasteiger partial charge in [0.05, 0.1) is 5.92 Å². The van der Waals surface area contributed by atoms with Crippen molar-refractivity contribution in [2.45, 2.75) is 71.3 Å². The molecule has 0 radical (unpaired) electrons. The van der Waals surface area contributed by atoms with Crippen LogP contribution in [-0.4, -0.2) is 30.1 Å². The number of rotatable bonds is 3. The number of hydrogen-bond acceptors (Lipinski definition) is 4. The zero-order chi connectivity index (χ0) is 22.6. The van der Waals surface area contributed by atoms with Crippen LogP contribution in [0.3, 0.4) is 0 Å². The Labute approximate surface area is 198 Å². The summed E-state index contributed by atoms with van der Waals surface area (Å²) in [5.41, 5.74) is 4.99. The monoisotopic (exact) mass is 446 g/mol. The highest BCUT2D eigenvalue weighted by Gasteiger charge is 2.57. The number of carbonyl (C=O) groups is 1. The number of allylic oxidation sites excluding steroid dienone is 3. The zero-order valence-corrected chi connectivity index (χ0v) is 20.2. The van der Waals surface area contributed by atoms with Gasteiger partial charge in [-0.1, -0.05) is 37.6 Å². The minimum absolute atomic E-state index is 0.0243. The molecule has 5 unspecified atom stereocenters. The summed E-state index contributed by atoms with van der Waals surface area (Å²) in [6, 6.07) is 4.31. The molecule has 7 atom stereocenters. The van der Waals surface area contributed by atoms with Gasteiger partial charge in [0, 0.05) is 25.4 Å². The second kappa shape index (κ2) is 8.08. The fourth-order valence-electron chi connectivity index (χ4n) is 8.38. The number of nitrogens with zero attached hydrogens (tertiary/aromatic N) is 1. The molecule has 2 saturated carbocycles. The fourth-order valence-corrected chi connectivity index (χ4v) is 8.38. The Morgan fingerprint density at radius 1 is 1.09 bits per heavy atom. The Morgan fingerprint density at radius 3 is 2.76 bits per heavy atom. The average molecular weight is 447 g/mol. The lowest BCUT2D eigenvalue weighted by Crippen LogP contribution is -2.50. The van der Waals surface area contributed by atoms with Crippen LogP contribution >= 0.6 is 0 Å². The molecule has 4 aliphatic carbocycles. The Kier molecular flexibility index (Phi) is 5.28. The van der Waals surface area contributed by atoms with Gasteiger partial charge in [-0.25, -0.2) is 0 Å². The summed E-state index contributed by atoms with van der Waals surface area (Å²) in [5, 5.41) is 3.29. The van der Waals surface area contributed by atoms with Crippen molar-refractivity contribution in [3.63, 3.8) is 0 Å². The summed E-state index contributed by atoms with van der Waals surface area (Å²) in [6.45, 7) is 6.77. The number of esters is 1. The van der Waals surface area contributed by atoms with Gasteiger partial charge in [-0.05, 0) is 97.3 Å². The summed E-state index contributed by atoms with van der Waals surface area (Å²) in [6.07, 6.45) is 18.1. The van der Waals surface area contributed by atoms with Gasteiger partial charge in [0.2, 0.25) is 0 Å². The van der Waals surface area contributed by atoms with Crippen LogP contribution in [0.1, 0.15) is 70.8 Å². The highest BCUT2D eigenvalue weighted by molar-refractivity contribution is 5.73. The van der Waals surface area contributed by atoms with Crippen molar-refractivity contribution in [1.29, 1.82) is 0 Å². The lowest BCUT2D eigenvalue weighted by molar-refractivity contribution is -0.155. The third-order valence-corrected chi connectivity index (χ3v) is 10.3. The summed E-state index contributed by atoms with van der Waals surface area (Å²) >= 11 is 0. The van der Waals surface area contributed by atoms with Gasteiger partial charge in [0.15, 0.2) is 0 Å². The number of nitrogens with one attached hydrogen (secondary N) is 1. The van der Waals surface area contributed by atoms with Crippen LogP contribution in [0.15, 0.2) is 42.3 Å². The zero-order valence-electron chi connectivity index (χ0n) is 20.2. The maximum absolute atomic E-state index is 12.6. The fraction of sp³-hybridized carbons (Fsp3) is 0.655. The first-order chi connectivity index (χ1) is 16.0. The van der Waals surface area contributed by atoms with Crippen molar-refractivity contribution in [2.75, 3.05) is 13.1 Å². The third-order valence-electron chi connectivity index (χ3n) is 10.3. The Hall–Kier alpha value is -1.94. The van der Waals surface area contributed by atoms with Gasteiger partial charge < -0.3 is 10.1 Å². The molecule has 176 valence electrons. The van der Waals surface area contributed by atoms with E-state index in [0.29, 0.717) is 0 Å². The van der Waals surface area contributed by atoms with E-state index in [1.54, 1.807) is 5.57 Å². The molecular weight excluding hydrogens is 408 g/mol. The van der Waals surface area contributed by atoms with E-state index in [1.807, 2.05) is 6.20 Å². The minimum Gasteiger partial charge on any atom is -0.462 e. The van der Waals surface area contributed by atoms with Crippen LogP contribution in [0.5, 0.6) is 0 Å². The summed E-state index contributed by atoms with van der Waals surface area (Å²) in [7, 11) is 0. The first-order valence-corrected chi connectivity index (χ1v) is 13.2. The Balaban J connectivity index is 1.19. The molecule has 33 heavy (non-hydrogen) atoms. The van der Waals surface area contributed by atoms with Gasteiger partial charge in [0.25, 0.3) is 0 Å². The normalized spacial score (nSPS) is 41.9. The molecule has 1 aromatic heterocycles. The molecule has 1 aliphatic heterocycles. The van der Waals surface area contributed by atoms with Crippen LogP contribution in [0, 0.1) is 34.5 Å². The van der Waals surface area contributed by atoms with Crippen molar-refractivity contribution < 1.29 is 9.53 Å². The molecule has 5 aliphatic rings. The first-order valence-electron chi connectivity index (χ1n) is 13.2. The molecule has 4 heteroatoms. The summed E-state index contributed by atoms with van der Waals surface area (Å²) < 4.78 is 6.02. The van der Waals surface area contributed by atoms with E-state index < -0.39 is 0 Å². The number of aromatic nitrogens is 1. The lowest BCUT2D eigenvalue weighted by atomic mass is 9.47. The second-order valence-electron chi connectivity index (χ2n) is 11.8. The van der Waals surface area contributed by atoms with Crippen LogP contribution < -0.4 is 5.32 Å². The molecule has 2 heterocycles.